The van der Waals surface area contributed by atoms with Crippen molar-refractivity contribution in [2.24, 2.45) is 5.92 Å². The summed E-state index contributed by atoms with van der Waals surface area (Å²) in [7, 11) is 0. The number of hydrogen-bond acceptors (Lipinski definition) is 2. The first kappa shape index (κ1) is 12.4. The van der Waals surface area contributed by atoms with Gasteiger partial charge in [-0.2, -0.15) is 0 Å². The van der Waals surface area contributed by atoms with Gasteiger partial charge in [0, 0.05) is 24.4 Å². The van der Waals surface area contributed by atoms with Crippen LogP contribution >= 0.6 is 0 Å². The Hall–Kier alpha value is -1.02. The Kier molecular flexibility index (Phi) is 4.87. The number of rotatable bonds is 6. The Morgan fingerprint density at radius 1 is 1.24 bits per heavy atom. The summed E-state index contributed by atoms with van der Waals surface area (Å²) in [6.07, 6.45) is 5.60. The topological polar surface area (TPSA) is 21.3 Å². The van der Waals surface area contributed by atoms with Gasteiger partial charge in [-0.15, -0.1) is 0 Å². The van der Waals surface area contributed by atoms with Gasteiger partial charge < -0.3 is 10.1 Å². The van der Waals surface area contributed by atoms with Crippen molar-refractivity contribution in [3.63, 3.8) is 0 Å². The summed E-state index contributed by atoms with van der Waals surface area (Å²) in [5.74, 6) is 0.871. The second-order valence-corrected chi connectivity index (χ2v) is 4.83. The van der Waals surface area contributed by atoms with Crippen LogP contribution in [-0.2, 0) is 11.3 Å². The fourth-order valence-electron chi connectivity index (χ4n) is 2.50. The fourth-order valence-corrected chi connectivity index (χ4v) is 2.50. The van der Waals surface area contributed by atoms with Crippen LogP contribution in [0.1, 0.15) is 38.2 Å². The lowest BCUT2D eigenvalue weighted by molar-refractivity contribution is 0.134. The molecule has 1 aliphatic carbocycles. The Morgan fingerprint density at radius 3 is 2.76 bits per heavy atom. The molecule has 0 unspecified atom stereocenters. The molecule has 94 valence electrons. The minimum absolute atomic E-state index is 0.713. The zero-order valence-electron chi connectivity index (χ0n) is 10.7. The third-order valence-corrected chi connectivity index (χ3v) is 3.53. The highest BCUT2D eigenvalue weighted by molar-refractivity contribution is 5.50. The van der Waals surface area contributed by atoms with Gasteiger partial charge in [-0.3, -0.25) is 0 Å². The number of hydrogen-bond donors (Lipinski definition) is 1. The molecule has 0 bridgehead atoms. The van der Waals surface area contributed by atoms with Gasteiger partial charge in [-0.05, 0) is 31.7 Å². The van der Waals surface area contributed by atoms with E-state index in [4.69, 9.17) is 4.74 Å². The molecule has 1 fully saturated rings. The van der Waals surface area contributed by atoms with Gasteiger partial charge in [0.15, 0.2) is 0 Å². The van der Waals surface area contributed by atoms with E-state index in [2.05, 4.69) is 29.6 Å². The standard InChI is InChI=1S/C15H23NO/c1-2-17-12-14-9-5-6-10-15(14)16-11-13-7-3-4-8-13/h5-6,9-10,13,16H,2-4,7-8,11-12H2,1H3. The smallest absolute Gasteiger partial charge is 0.0736 e. The lowest BCUT2D eigenvalue weighted by Gasteiger charge is -2.15. The Labute approximate surface area is 104 Å². The molecule has 1 aliphatic rings. The van der Waals surface area contributed by atoms with Crippen LogP contribution in [0.4, 0.5) is 5.69 Å². The van der Waals surface area contributed by atoms with Crippen LogP contribution in [0.15, 0.2) is 24.3 Å². The van der Waals surface area contributed by atoms with E-state index in [1.54, 1.807) is 0 Å². The van der Waals surface area contributed by atoms with Gasteiger partial charge >= 0.3 is 0 Å². The van der Waals surface area contributed by atoms with Gasteiger partial charge in [0.25, 0.3) is 0 Å². The lowest BCUT2D eigenvalue weighted by atomic mass is 10.1. The van der Waals surface area contributed by atoms with Crippen molar-refractivity contribution in [1.29, 1.82) is 0 Å². The van der Waals surface area contributed by atoms with Crippen LogP contribution in [0.3, 0.4) is 0 Å². The summed E-state index contributed by atoms with van der Waals surface area (Å²) < 4.78 is 5.49. The molecule has 1 aromatic rings. The highest BCUT2D eigenvalue weighted by Gasteiger charge is 2.14. The average molecular weight is 233 g/mol. The first-order valence-electron chi connectivity index (χ1n) is 6.79. The Balaban J connectivity index is 1.89. The van der Waals surface area contributed by atoms with E-state index in [-0.39, 0.29) is 0 Å². The summed E-state index contributed by atoms with van der Waals surface area (Å²) in [4.78, 5) is 0. The quantitative estimate of drug-likeness (QED) is 0.806. The largest absolute Gasteiger partial charge is 0.384 e. The third kappa shape index (κ3) is 3.74. The second-order valence-electron chi connectivity index (χ2n) is 4.83. The van der Waals surface area contributed by atoms with Gasteiger partial charge in [0.2, 0.25) is 0 Å². The van der Waals surface area contributed by atoms with E-state index in [1.165, 1.54) is 36.9 Å². The maximum atomic E-state index is 5.49. The van der Waals surface area contributed by atoms with Gasteiger partial charge in [0.1, 0.15) is 0 Å². The summed E-state index contributed by atoms with van der Waals surface area (Å²) in [5.41, 5.74) is 2.51. The molecule has 0 spiro atoms. The predicted octanol–water partition coefficient (Wildman–Crippen LogP) is 3.83. The molecular weight excluding hydrogens is 210 g/mol. The van der Waals surface area contributed by atoms with Crippen molar-refractivity contribution in [2.75, 3.05) is 18.5 Å². The molecule has 2 nitrogen and oxygen atoms in total. The Morgan fingerprint density at radius 2 is 2.00 bits per heavy atom. The van der Waals surface area contributed by atoms with E-state index >= 15 is 0 Å². The molecule has 1 N–H and O–H groups in total. The average Bonchev–Trinajstić information content (AvgIpc) is 2.88. The highest BCUT2D eigenvalue weighted by atomic mass is 16.5. The second kappa shape index (κ2) is 6.65. The molecule has 0 heterocycles. The molecule has 2 heteroatoms. The van der Waals surface area contributed by atoms with Crippen molar-refractivity contribution in [1.82, 2.24) is 0 Å². The van der Waals surface area contributed by atoms with E-state index in [0.717, 1.165) is 19.1 Å². The molecule has 1 aromatic carbocycles. The molecule has 0 atom stereocenters. The summed E-state index contributed by atoms with van der Waals surface area (Å²) in [5, 5.41) is 3.58. The van der Waals surface area contributed by atoms with Crippen molar-refractivity contribution < 1.29 is 4.74 Å². The van der Waals surface area contributed by atoms with E-state index < -0.39 is 0 Å². The molecule has 2 rings (SSSR count). The first-order chi connectivity index (χ1) is 8.40. The summed E-state index contributed by atoms with van der Waals surface area (Å²) in [6, 6.07) is 8.47. The molecule has 17 heavy (non-hydrogen) atoms. The predicted molar refractivity (Wildman–Crippen MR) is 72.2 cm³/mol. The van der Waals surface area contributed by atoms with Crippen molar-refractivity contribution in [2.45, 2.75) is 39.2 Å². The number of ether oxygens (including phenoxy) is 1. The fraction of sp³-hybridized carbons (Fsp3) is 0.600. The normalized spacial score (nSPS) is 16.3. The first-order valence-corrected chi connectivity index (χ1v) is 6.79. The van der Waals surface area contributed by atoms with Crippen LogP contribution in [0.5, 0.6) is 0 Å². The molecule has 0 saturated heterocycles. The molecular formula is C15H23NO. The summed E-state index contributed by atoms with van der Waals surface area (Å²) in [6.45, 7) is 4.64. The van der Waals surface area contributed by atoms with Crippen molar-refractivity contribution in [3.05, 3.63) is 29.8 Å². The monoisotopic (exact) mass is 233 g/mol. The van der Waals surface area contributed by atoms with Crippen LogP contribution in [0, 0.1) is 5.92 Å². The van der Waals surface area contributed by atoms with Gasteiger partial charge in [-0.1, -0.05) is 31.0 Å². The SMILES string of the molecule is CCOCc1ccccc1NCC1CCCC1. The van der Waals surface area contributed by atoms with Crippen LogP contribution in [0.25, 0.3) is 0 Å². The molecule has 0 aromatic heterocycles. The van der Waals surface area contributed by atoms with E-state index in [9.17, 15) is 0 Å². The van der Waals surface area contributed by atoms with Gasteiger partial charge in [-0.25, -0.2) is 0 Å². The van der Waals surface area contributed by atoms with Crippen LogP contribution in [-0.4, -0.2) is 13.2 Å². The third-order valence-electron chi connectivity index (χ3n) is 3.53. The van der Waals surface area contributed by atoms with Crippen molar-refractivity contribution >= 4 is 5.69 Å². The molecule has 0 radical (unpaired) electrons. The number of para-hydroxylation sites is 1. The number of anilines is 1. The zero-order chi connectivity index (χ0) is 11.9. The van der Waals surface area contributed by atoms with Crippen LogP contribution in [0.2, 0.25) is 0 Å². The zero-order valence-corrected chi connectivity index (χ0v) is 10.7. The van der Waals surface area contributed by atoms with Crippen molar-refractivity contribution in [3.8, 4) is 0 Å². The number of nitrogens with one attached hydrogen (secondary N) is 1. The Bertz CT molecular complexity index is 331. The maximum Gasteiger partial charge on any atom is 0.0736 e. The maximum absolute atomic E-state index is 5.49. The van der Waals surface area contributed by atoms with Crippen LogP contribution < -0.4 is 5.32 Å². The minimum atomic E-state index is 0.713. The van der Waals surface area contributed by atoms with E-state index in [0.29, 0.717) is 6.61 Å². The molecule has 0 aliphatic heterocycles. The molecule has 1 saturated carbocycles. The number of benzene rings is 1. The summed E-state index contributed by atoms with van der Waals surface area (Å²) >= 11 is 0. The van der Waals surface area contributed by atoms with E-state index in [1.807, 2.05) is 6.92 Å². The highest BCUT2D eigenvalue weighted by Crippen LogP contribution is 2.25. The van der Waals surface area contributed by atoms with Gasteiger partial charge in [0.05, 0.1) is 6.61 Å². The lowest BCUT2D eigenvalue weighted by Crippen LogP contribution is -2.12. The molecule has 0 amide bonds. The minimum Gasteiger partial charge on any atom is -0.384 e.